The number of fused-ring (bicyclic) bond motifs is 2. The molecule has 3 aromatic heterocycles. The lowest BCUT2D eigenvalue weighted by molar-refractivity contribution is 0.0992. The number of aromatic nitrogens is 5. The van der Waals surface area contributed by atoms with Gasteiger partial charge in [0.15, 0.2) is 5.78 Å². The molecule has 0 amide bonds. The second-order valence-corrected chi connectivity index (χ2v) is 7.00. The molecule has 0 atom stereocenters. The van der Waals surface area contributed by atoms with E-state index in [4.69, 9.17) is 0 Å². The number of hydrogen-bond acceptors (Lipinski definition) is 5. The normalized spacial score (nSPS) is 11.2. The molecule has 0 aliphatic carbocycles. The fourth-order valence-electron chi connectivity index (χ4n) is 3.44. The Bertz CT molecular complexity index is 1370. The van der Waals surface area contributed by atoms with Gasteiger partial charge in [-0.3, -0.25) is 24.4 Å². The van der Waals surface area contributed by atoms with Crippen LogP contribution in [0.4, 0.5) is 0 Å². The maximum atomic E-state index is 12.8. The third kappa shape index (κ3) is 3.36. The summed E-state index contributed by atoms with van der Waals surface area (Å²) in [7, 11) is 1.90. The smallest absolute Gasteiger partial charge is 0.168 e. The molecule has 2 aromatic carbocycles. The summed E-state index contributed by atoms with van der Waals surface area (Å²) < 4.78 is 1.78. The van der Waals surface area contributed by atoms with Crippen molar-refractivity contribution >= 4 is 27.6 Å². The van der Waals surface area contributed by atoms with E-state index in [0.717, 1.165) is 33.1 Å². The molecule has 0 spiro atoms. The maximum Gasteiger partial charge on any atom is 0.168 e. The topological polar surface area (TPSA) is 73.6 Å². The number of hydrogen-bond donors (Lipinski definition) is 0. The average molecular weight is 379 g/mol. The summed E-state index contributed by atoms with van der Waals surface area (Å²) in [5.74, 6) is 0.00724. The van der Waals surface area contributed by atoms with Crippen LogP contribution in [0.5, 0.6) is 0 Å². The molecule has 0 aliphatic heterocycles. The number of Topliss-reactive ketones (excluding diaryl/α,β-unsaturated/α-hetero) is 1. The quantitative estimate of drug-likeness (QED) is 0.441. The summed E-state index contributed by atoms with van der Waals surface area (Å²) in [4.78, 5) is 25.8. The van der Waals surface area contributed by atoms with Gasteiger partial charge in [0.1, 0.15) is 0 Å². The molecule has 29 heavy (non-hydrogen) atoms. The first-order chi connectivity index (χ1) is 14.2. The van der Waals surface area contributed by atoms with Gasteiger partial charge in [-0.2, -0.15) is 5.10 Å². The molecule has 3 heterocycles. The zero-order valence-corrected chi connectivity index (χ0v) is 15.8. The molecular formula is C23H17N5O. The van der Waals surface area contributed by atoms with Gasteiger partial charge in [-0.1, -0.05) is 12.1 Å². The number of aryl methyl sites for hydroxylation is 1. The maximum absolute atomic E-state index is 12.8. The molecule has 5 aromatic rings. The number of ketones is 1. The highest BCUT2D eigenvalue weighted by molar-refractivity contribution is 6.00. The monoisotopic (exact) mass is 379 g/mol. The largest absolute Gasteiger partial charge is 0.294 e. The first kappa shape index (κ1) is 17.2. The average Bonchev–Trinajstić information content (AvgIpc) is 3.19. The van der Waals surface area contributed by atoms with Crippen molar-refractivity contribution in [1.29, 1.82) is 0 Å². The van der Waals surface area contributed by atoms with Crippen LogP contribution in [0.15, 0.2) is 73.4 Å². The van der Waals surface area contributed by atoms with E-state index in [2.05, 4.69) is 32.2 Å². The Labute approximate surface area is 166 Å². The molecule has 0 unspecified atom stereocenters. The molecule has 5 rings (SSSR count). The Morgan fingerprint density at radius 3 is 2.55 bits per heavy atom. The summed E-state index contributed by atoms with van der Waals surface area (Å²) >= 11 is 0. The molecule has 0 radical (unpaired) electrons. The Morgan fingerprint density at radius 1 is 0.862 bits per heavy atom. The molecule has 0 N–H and O–H groups in total. The van der Waals surface area contributed by atoms with Crippen molar-refractivity contribution in [1.82, 2.24) is 24.7 Å². The van der Waals surface area contributed by atoms with Gasteiger partial charge in [0, 0.05) is 54.0 Å². The Balaban J connectivity index is 1.45. The second-order valence-electron chi connectivity index (χ2n) is 7.00. The van der Waals surface area contributed by atoms with E-state index in [0.29, 0.717) is 11.1 Å². The van der Waals surface area contributed by atoms with Crippen molar-refractivity contribution < 1.29 is 4.79 Å². The van der Waals surface area contributed by atoms with Crippen LogP contribution in [0.3, 0.4) is 0 Å². The molecule has 6 heteroatoms. The van der Waals surface area contributed by atoms with E-state index >= 15 is 0 Å². The standard InChI is InChI=1S/C23H17N5O/c1-28-14-19(13-27-28)15-2-3-17-12-26-20(9-18(17)8-15)11-23(29)16-4-5-21-22(10-16)25-7-6-24-21/h2-10,12-14H,11H2,1H3. The molecule has 0 aliphatic rings. The molecular weight excluding hydrogens is 362 g/mol. The summed E-state index contributed by atoms with van der Waals surface area (Å²) in [6.45, 7) is 0. The van der Waals surface area contributed by atoms with Gasteiger partial charge in [0.25, 0.3) is 0 Å². The van der Waals surface area contributed by atoms with E-state index < -0.39 is 0 Å². The SMILES string of the molecule is Cn1cc(-c2ccc3cnc(CC(=O)c4ccc5nccnc5c4)cc3c2)cn1. The van der Waals surface area contributed by atoms with Crippen molar-refractivity contribution in [2.24, 2.45) is 7.05 Å². The van der Waals surface area contributed by atoms with Gasteiger partial charge >= 0.3 is 0 Å². The lowest BCUT2D eigenvalue weighted by Gasteiger charge is -2.06. The van der Waals surface area contributed by atoms with Crippen molar-refractivity contribution in [3.8, 4) is 11.1 Å². The number of carbonyl (C=O) groups excluding carboxylic acids is 1. The van der Waals surface area contributed by atoms with Crippen LogP contribution in [0.1, 0.15) is 16.1 Å². The number of rotatable bonds is 4. The molecule has 140 valence electrons. The Kier molecular flexibility index (Phi) is 4.09. The highest BCUT2D eigenvalue weighted by Crippen LogP contribution is 2.24. The molecule has 0 saturated heterocycles. The number of nitrogens with zero attached hydrogens (tertiary/aromatic N) is 5. The van der Waals surface area contributed by atoms with Gasteiger partial charge < -0.3 is 0 Å². The summed E-state index contributed by atoms with van der Waals surface area (Å²) in [5, 5.41) is 6.32. The van der Waals surface area contributed by atoms with Crippen LogP contribution < -0.4 is 0 Å². The van der Waals surface area contributed by atoms with Crippen molar-refractivity contribution in [3.05, 3.63) is 84.7 Å². The first-order valence-corrected chi connectivity index (χ1v) is 9.27. The van der Waals surface area contributed by atoms with E-state index in [1.165, 1.54) is 0 Å². The Morgan fingerprint density at radius 2 is 1.72 bits per heavy atom. The molecule has 0 saturated carbocycles. The minimum atomic E-state index is 0.00724. The van der Waals surface area contributed by atoms with Gasteiger partial charge in [0.05, 0.1) is 23.7 Å². The summed E-state index contributed by atoms with van der Waals surface area (Å²) in [6, 6.07) is 13.6. The third-order valence-electron chi connectivity index (χ3n) is 4.95. The fraction of sp³-hybridized carbons (Fsp3) is 0.0870. The minimum Gasteiger partial charge on any atom is -0.294 e. The number of benzene rings is 2. The van der Waals surface area contributed by atoms with Crippen molar-refractivity contribution in [2.75, 3.05) is 0 Å². The van der Waals surface area contributed by atoms with E-state index in [1.54, 1.807) is 29.2 Å². The minimum absolute atomic E-state index is 0.00724. The van der Waals surface area contributed by atoms with Crippen molar-refractivity contribution in [3.63, 3.8) is 0 Å². The van der Waals surface area contributed by atoms with Gasteiger partial charge in [0.2, 0.25) is 0 Å². The lowest BCUT2D eigenvalue weighted by Crippen LogP contribution is -2.05. The fourth-order valence-corrected chi connectivity index (χ4v) is 3.44. The molecule has 0 bridgehead atoms. The number of pyridine rings is 1. The van der Waals surface area contributed by atoms with Crippen LogP contribution in [-0.4, -0.2) is 30.5 Å². The van der Waals surface area contributed by atoms with Crippen LogP contribution in [-0.2, 0) is 13.5 Å². The van der Waals surface area contributed by atoms with Gasteiger partial charge in [-0.25, -0.2) is 0 Å². The Hall–Kier alpha value is -3.93. The highest BCUT2D eigenvalue weighted by Gasteiger charge is 2.11. The molecule has 0 fully saturated rings. The lowest BCUT2D eigenvalue weighted by atomic mass is 10.0. The predicted octanol–water partition coefficient (Wildman–Crippen LogP) is 4.00. The van der Waals surface area contributed by atoms with Crippen LogP contribution >= 0.6 is 0 Å². The van der Waals surface area contributed by atoms with E-state index in [1.807, 2.05) is 43.8 Å². The van der Waals surface area contributed by atoms with Gasteiger partial charge in [-0.05, 0) is 41.3 Å². The van der Waals surface area contributed by atoms with E-state index in [-0.39, 0.29) is 12.2 Å². The predicted molar refractivity (Wildman–Crippen MR) is 112 cm³/mol. The molecule has 6 nitrogen and oxygen atoms in total. The summed E-state index contributed by atoms with van der Waals surface area (Å²) in [5.41, 5.74) is 4.99. The van der Waals surface area contributed by atoms with Gasteiger partial charge in [-0.15, -0.1) is 0 Å². The zero-order valence-electron chi connectivity index (χ0n) is 15.8. The van der Waals surface area contributed by atoms with Crippen LogP contribution in [0, 0.1) is 0 Å². The third-order valence-corrected chi connectivity index (χ3v) is 4.95. The van der Waals surface area contributed by atoms with Crippen LogP contribution in [0.25, 0.3) is 32.9 Å². The van der Waals surface area contributed by atoms with Crippen LogP contribution in [0.2, 0.25) is 0 Å². The summed E-state index contributed by atoms with van der Waals surface area (Å²) in [6.07, 6.45) is 9.14. The second kappa shape index (κ2) is 6.91. The number of carbonyl (C=O) groups is 1. The highest BCUT2D eigenvalue weighted by atomic mass is 16.1. The van der Waals surface area contributed by atoms with Crippen molar-refractivity contribution in [2.45, 2.75) is 6.42 Å². The zero-order chi connectivity index (χ0) is 19.8. The van der Waals surface area contributed by atoms with E-state index in [9.17, 15) is 4.79 Å². The first-order valence-electron chi connectivity index (χ1n) is 9.27.